The fourth-order valence-corrected chi connectivity index (χ4v) is 1.08. The zero-order chi connectivity index (χ0) is 8.81. The molecule has 0 spiro atoms. The first-order valence-corrected chi connectivity index (χ1v) is 4.47. The van der Waals surface area contributed by atoms with Gasteiger partial charge in [0.2, 0.25) is 0 Å². The Morgan fingerprint density at radius 3 is 3.17 bits per heavy atom. The molecule has 1 heterocycles. The van der Waals surface area contributed by atoms with E-state index in [-0.39, 0.29) is 0 Å². The topological polar surface area (TPSA) is 22.1 Å². The Morgan fingerprint density at radius 1 is 1.67 bits per heavy atom. The summed E-state index contributed by atoms with van der Waals surface area (Å²) in [5.74, 6) is 0.832. The van der Waals surface area contributed by atoms with Crippen LogP contribution >= 0.6 is 15.9 Å². The third-order valence-corrected chi connectivity index (χ3v) is 1.72. The van der Waals surface area contributed by atoms with Gasteiger partial charge in [0.1, 0.15) is 10.4 Å². The molecule has 2 nitrogen and oxygen atoms in total. The lowest BCUT2D eigenvalue weighted by atomic mass is 10.4. The lowest BCUT2D eigenvalue weighted by molar-refractivity contribution is 0.324. The summed E-state index contributed by atoms with van der Waals surface area (Å²) in [7, 11) is 0. The molecule has 0 radical (unpaired) electrons. The standard InChI is InChI=1S/C9H10BrNO/c1-2-3-6-12-8-4-5-11-9(10)7-8/h2,4-5,7H,1,3,6H2. The minimum atomic E-state index is 0.667. The number of halogens is 1. The molecule has 0 aliphatic heterocycles. The van der Waals surface area contributed by atoms with Crippen molar-refractivity contribution in [2.45, 2.75) is 6.42 Å². The monoisotopic (exact) mass is 227 g/mol. The van der Waals surface area contributed by atoms with Crippen molar-refractivity contribution < 1.29 is 4.74 Å². The van der Waals surface area contributed by atoms with Gasteiger partial charge < -0.3 is 4.74 Å². The van der Waals surface area contributed by atoms with Crippen LogP contribution in [0.2, 0.25) is 0 Å². The molecular weight excluding hydrogens is 218 g/mol. The molecule has 12 heavy (non-hydrogen) atoms. The number of pyridine rings is 1. The maximum atomic E-state index is 5.39. The molecule has 1 aromatic rings. The molecule has 1 rings (SSSR count). The van der Waals surface area contributed by atoms with Crippen LogP contribution in [0.4, 0.5) is 0 Å². The van der Waals surface area contributed by atoms with Gasteiger partial charge >= 0.3 is 0 Å². The van der Waals surface area contributed by atoms with Gasteiger partial charge in [-0.05, 0) is 28.4 Å². The highest BCUT2D eigenvalue weighted by atomic mass is 79.9. The summed E-state index contributed by atoms with van der Waals surface area (Å²) in [4.78, 5) is 3.98. The largest absolute Gasteiger partial charge is 0.493 e. The first kappa shape index (κ1) is 9.26. The molecular formula is C9H10BrNO. The van der Waals surface area contributed by atoms with E-state index in [1.165, 1.54) is 0 Å². The van der Waals surface area contributed by atoms with Gasteiger partial charge in [0.15, 0.2) is 0 Å². The van der Waals surface area contributed by atoms with Gasteiger partial charge in [0, 0.05) is 12.3 Å². The molecule has 0 amide bonds. The second kappa shape index (κ2) is 4.93. The minimum Gasteiger partial charge on any atom is -0.493 e. The van der Waals surface area contributed by atoms with Crippen molar-refractivity contribution in [2.75, 3.05) is 6.61 Å². The molecule has 64 valence electrons. The number of rotatable bonds is 4. The normalized spacial score (nSPS) is 9.42. The molecule has 0 aromatic carbocycles. The predicted octanol–water partition coefficient (Wildman–Crippen LogP) is 2.80. The van der Waals surface area contributed by atoms with Crippen molar-refractivity contribution in [1.82, 2.24) is 4.98 Å². The van der Waals surface area contributed by atoms with E-state index in [9.17, 15) is 0 Å². The van der Waals surface area contributed by atoms with E-state index in [0.717, 1.165) is 16.8 Å². The quantitative estimate of drug-likeness (QED) is 0.449. The van der Waals surface area contributed by atoms with Gasteiger partial charge in [0.05, 0.1) is 6.61 Å². The summed E-state index contributed by atoms with van der Waals surface area (Å²) in [6.45, 7) is 4.27. The minimum absolute atomic E-state index is 0.667. The van der Waals surface area contributed by atoms with E-state index < -0.39 is 0 Å². The Hall–Kier alpha value is -0.830. The van der Waals surface area contributed by atoms with Crippen LogP contribution in [0.5, 0.6) is 5.75 Å². The third-order valence-electron chi connectivity index (χ3n) is 1.29. The number of hydrogen-bond acceptors (Lipinski definition) is 2. The number of ether oxygens (including phenoxy) is 1. The highest BCUT2D eigenvalue weighted by Crippen LogP contribution is 2.14. The molecule has 0 unspecified atom stereocenters. The van der Waals surface area contributed by atoms with E-state index >= 15 is 0 Å². The first-order chi connectivity index (χ1) is 5.83. The Labute approximate surface area is 80.4 Å². The van der Waals surface area contributed by atoms with Gasteiger partial charge in [0.25, 0.3) is 0 Å². The van der Waals surface area contributed by atoms with Crippen LogP contribution in [-0.4, -0.2) is 11.6 Å². The number of aromatic nitrogens is 1. The number of hydrogen-bond donors (Lipinski definition) is 0. The maximum Gasteiger partial charge on any atom is 0.123 e. The zero-order valence-corrected chi connectivity index (χ0v) is 8.25. The van der Waals surface area contributed by atoms with Gasteiger partial charge in [-0.1, -0.05) is 6.08 Å². The van der Waals surface area contributed by atoms with Crippen molar-refractivity contribution >= 4 is 15.9 Å². The van der Waals surface area contributed by atoms with Gasteiger partial charge in [-0.15, -0.1) is 6.58 Å². The third kappa shape index (κ3) is 3.05. The molecule has 0 bridgehead atoms. The summed E-state index contributed by atoms with van der Waals surface area (Å²) in [6, 6.07) is 3.66. The highest BCUT2D eigenvalue weighted by Gasteiger charge is 1.93. The summed E-state index contributed by atoms with van der Waals surface area (Å²) in [5, 5.41) is 0. The molecule has 0 aliphatic rings. The van der Waals surface area contributed by atoms with Crippen LogP contribution < -0.4 is 4.74 Å². The molecule has 0 N–H and O–H groups in total. The average Bonchev–Trinajstić information content (AvgIpc) is 2.05. The second-order valence-corrected chi connectivity index (χ2v) is 3.05. The van der Waals surface area contributed by atoms with Gasteiger partial charge in [-0.3, -0.25) is 0 Å². The fraction of sp³-hybridized carbons (Fsp3) is 0.222. The summed E-state index contributed by atoms with van der Waals surface area (Å²) < 4.78 is 6.18. The van der Waals surface area contributed by atoms with Crippen LogP contribution in [-0.2, 0) is 0 Å². The first-order valence-electron chi connectivity index (χ1n) is 3.68. The molecule has 0 fully saturated rings. The van der Waals surface area contributed by atoms with Crippen molar-refractivity contribution in [1.29, 1.82) is 0 Å². The van der Waals surface area contributed by atoms with E-state index in [4.69, 9.17) is 4.74 Å². The molecule has 3 heteroatoms. The van der Waals surface area contributed by atoms with E-state index in [1.54, 1.807) is 6.20 Å². The average molecular weight is 228 g/mol. The summed E-state index contributed by atoms with van der Waals surface area (Å²) in [6.07, 6.45) is 4.39. The van der Waals surface area contributed by atoms with Gasteiger partial charge in [-0.25, -0.2) is 4.98 Å². The van der Waals surface area contributed by atoms with Crippen LogP contribution in [0.15, 0.2) is 35.6 Å². The fourth-order valence-electron chi connectivity index (χ4n) is 0.735. The lowest BCUT2D eigenvalue weighted by Crippen LogP contribution is -1.95. The van der Waals surface area contributed by atoms with Crippen LogP contribution in [0, 0.1) is 0 Å². The van der Waals surface area contributed by atoms with Gasteiger partial charge in [-0.2, -0.15) is 0 Å². The Bertz CT molecular complexity index is 262. The predicted molar refractivity (Wildman–Crippen MR) is 52.2 cm³/mol. The maximum absolute atomic E-state index is 5.39. The summed E-state index contributed by atoms with van der Waals surface area (Å²) >= 11 is 3.26. The highest BCUT2D eigenvalue weighted by molar-refractivity contribution is 9.10. The van der Waals surface area contributed by atoms with Crippen LogP contribution in [0.3, 0.4) is 0 Å². The lowest BCUT2D eigenvalue weighted by Gasteiger charge is -2.03. The number of nitrogens with zero attached hydrogens (tertiary/aromatic N) is 1. The second-order valence-electron chi connectivity index (χ2n) is 2.24. The van der Waals surface area contributed by atoms with Crippen LogP contribution in [0.25, 0.3) is 0 Å². The zero-order valence-electron chi connectivity index (χ0n) is 6.66. The van der Waals surface area contributed by atoms with E-state index in [2.05, 4.69) is 27.5 Å². The SMILES string of the molecule is C=CCCOc1ccnc(Br)c1. The Balaban J connectivity index is 2.46. The van der Waals surface area contributed by atoms with Crippen molar-refractivity contribution in [3.8, 4) is 5.75 Å². The smallest absolute Gasteiger partial charge is 0.123 e. The Kier molecular flexibility index (Phi) is 3.80. The van der Waals surface area contributed by atoms with Crippen molar-refractivity contribution in [2.24, 2.45) is 0 Å². The van der Waals surface area contributed by atoms with E-state index in [1.807, 2.05) is 18.2 Å². The van der Waals surface area contributed by atoms with Crippen molar-refractivity contribution in [3.05, 3.63) is 35.6 Å². The van der Waals surface area contributed by atoms with Crippen molar-refractivity contribution in [3.63, 3.8) is 0 Å². The Morgan fingerprint density at radius 2 is 2.50 bits per heavy atom. The molecule has 0 atom stereocenters. The molecule has 0 aliphatic carbocycles. The molecule has 0 saturated carbocycles. The molecule has 0 saturated heterocycles. The van der Waals surface area contributed by atoms with Crippen LogP contribution in [0.1, 0.15) is 6.42 Å². The molecule has 1 aromatic heterocycles. The van der Waals surface area contributed by atoms with E-state index in [0.29, 0.717) is 6.61 Å². The summed E-state index contributed by atoms with van der Waals surface area (Å²) in [5.41, 5.74) is 0.